The van der Waals surface area contributed by atoms with Gasteiger partial charge >= 0.3 is 6.09 Å². The van der Waals surface area contributed by atoms with Crippen molar-refractivity contribution in [2.24, 2.45) is 11.5 Å². The summed E-state index contributed by atoms with van der Waals surface area (Å²) in [5, 5.41) is 10.5. The van der Waals surface area contributed by atoms with Gasteiger partial charge in [-0.15, -0.1) is 0 Å². The normalized spacial score (nSPS) is 12.8. The maximum absolute atomic E-state index is 13.4. The van der Waals surface area contributed by atoms with Crippen LogP contribution in [0.15, 0.2) is 42.5 Å². The van der Waals surface area contributed by atoms with E-state index in [9.17, 15) is 23.5 Å². The topological polar surface area (TPSA) is 119 Å². The summed E-state index contributed by atoms with van der Waals surface area (Å²) in [5.74, 6) is -2.06. The number of aliphatic hydroxyl groups is 1. The van der Waals surface area contributed by atoms with Crippen molar-refractivity contribution in [1.29, 1.82) is 0 Å². The van der Waals surface area contributed by atoms with E-state index >= 15 is 0 Å². The summed E-state index contributed by atoms with van der Waals surface area (Å²) >= 11 is 2.13. The highest BCUT2D eigenvalue weighted by atomic mass is 127. The van der Waals surface area contributed by atoms with Gasteiger partial charge in [0, 0.05) is 28.8 Å². The summed E-state index contributed by atoms with van der Waals surface area (Å²) in [6, 6.07) is 9.48. The Bertz CT molecular complexity index is 880. The van der Waals surface area contributed by atoms with Gasteiger partial charge in [-0.25, -0.2) is 13.6 Å². The lowest BCUT2D eigenvalue weighted by Crippen LogP contribution is -2.47. The molecule has 0 saturated heterocycles. The second-order valence-corrected chi connectivity index (χ2v) is 7.97. The summed E-state index contributed by atoms with van der Waals surface area (Å²) in [7, 11) is 0. The van der Waals surface area contributed by atoms with Crippen LogP contribution in [0.3, 0.4) is 0 Å². The van der Waals surface area contributed by atoms with Crippen molar-refractivity contribution >= 4 is 34.6 Å². The molecular weight excluding hydrogens is 511 g/mol. The van der Waals surface area contributed by atoms with Crippen LogP contribution in [0.5, 0.6) is 0 Å². The number of ether oxygens (including phenoxy) is 1. The number of hydrogen-bond donors (Lipinski definition) is 3. The predicted molar refractivity (Wildman–Crippen MR) is 114 cm³/mol. The lowest BCUT2D eigenvalue weighted by atomic mass is 10.0. The van der Waals surface area contributed by atoms with Crippen molar-refractivity contribution in [1.82, 2.24) is 4.90 Å². The van der Waals surface area contributed by atoms with Crippen LogP contribution in [0, 0.1) is 15.2 Å². The molecule has 10 heteroatoms. The number of carbonyl (C=O) groups excluding carboxylic acids is 2. The SMILES string of the molecule is NC(=O)OCC(=O)N(Cc1cccc(I)c1)C[C@@H](O)[C@@H](N)Cc1cc(F)cc(F)c1. The van der Waals surface area contributed by atoms with Gasteiger partial charge in [0.25, 0.3) is 5.91 Å². The van der Waals surface area contributed by atoms with Crippen molar-refractivity contribution in [2.45, 2.75) is 25.1 Å². The van der Waals surface area contributed by atoms with E-state index < -0.39 is 42.4 Å². The summed E-state index contributed by atoms with van der Waals surface area (Å²) in [6.45, 7) is -0.627. The molecule has 2 aromatic rings. The van der Waals surface area contributed by atoms with Crippen LogP contribution >= 0.6 is 22.6 Å². The van der Waals surface area contributed by atoms with E-state index in [1.807, 2.05) is 18.2 Å². The first-order valence-electron chi connectivity index (χ1n) is 8.97. The minimum Gasteiger partial charge on any atom is -0.440 e. The van der Waals surface area contributed by atoms with Gasteiger partial charge in [-0.2, -0.15) is 0 Å². The van der Waals surface area contributed by atoms with Gasteiger partial charge in [-0.1, -0.05) is 12.1 Å². The summed E-state index contributed by atoms with van der Waals surface area (Å²) < 4.78 is 32.3. The van der Waals surface area contributed by atoms with Gasteiger partial charge < -0.3 is 26.2 Å². The third-order valence-corrected chi connectivity index (χ3v) is 4.92. The van der Waals surface area contributed by atoms with Crippen molar-refractivity contribution in [3.8, 4) is 0 Å². The van der Waals surface area contributed by atoms with Crippen LogP contribution in [0.25, 0.3) is 0 Å². The molecule has 2 rings (SSSR count). The largest absolute Gasteiger partial charge is 0.440 e. The first kappa shape index (κ1) is 24.0. The number of halogens is 3. The quantitative estimate of drug-likeness (QED) is 0.426. The van der Waals surface area contributed by atoms with Crippen LogP contribution in [0.4, 0.5) is 13.6 Å². The molecule has 0 spiro atoms. The zero-order valence-corrected chi connectivity index (χ0v) is 18.1. The molecular formula is C20H22F2IN3O4. The zero-order valence-electron chi connectivity index (χ0n) is 15.9. The number of primary amides is 1. The van der Waals surface area contributed by atoms with Crippen LogP contribution < -0.4 is 11.5 Å². The van der Waals surface area contributed by atoms with E-state index in [-0.39, 0.29) is 25.1 Å². The number of hydrogen-bond acceptors (Lipinski definition) is 5. The fourth-order valence-corrected chi connectivity index (χ4v) is 3.44. The molecule has 2 aromatic carbocycles. The highest BCUT2D eigenvalue weighted by Gasteiger charge is 2.23. The van der Waals surface area contributed by atoms with Gasteiger partial charge in [-0.3, -0.25) is 4.79 Å². The molecule has 0 heterocycles. The summed E-state index contributed by atoms with van der Waals surface area (Å²) in [4.78, 5) is 24.6. The van der Waals surface area contributed by atoms with Crippen LogP contribution in [-0.2, 0) is 22.5 Å². The summed E-state index contributed by atoms with van der Waals surface area (Å²) in [5.41, 5.74) is 12.0. The monoisotopic (exact) mass is 533 g/mol. The molecule has 0 aromatic heterocycles. The minimum atomic E-state index is -1.20. The molecule has 0 aliphatic rings. The molecule has 0 radical (unpaired) electrons. The number of aliphatic hydroxyl groups excluding tert-OH is 1. The van der Waals surface area contributed by atoms with Gasteiger partial charge in [-0.05, 0) is 64.4 Å². The number of rotatable bonds is 9. The molecule has 7 nitrogen and oxygen atoms in total. The average Bonchev–Trinajstić information content (AvgIpc) is 2.64. The first-order chi connectivity index (χ1) is 14.1. The Kier molecular flexibility index (Phi) is 8.93. The Morgan fingerprint density at radius 3 is 2.40 bits per heavy atom. The molecule has 5 N–H and O–H groups in total. The highest BCUT2D eigenvalue weighted by Crippen LogP contribution is 2.14. The number of amides is 2. The maximum Gasteiger partial charge on any atom is 0.405 e. The zero-order chi connectivity index (χ0) is 22.3. The van der Waals surface area contributed by atoms with E-state index in [1.54, 1.807) is 6.07 Å². The lowest BCUT2D eigenvalue weighted by Gasteiger charge is -2.28. The Morgan fingerprint density at radius 2 is 1.80 bits per heavy atom. The molecule has 0 unspecified atom stereocenters. The van der Waals surface area contributed by atoms with Gasteiger partial charge in [0.05, 0.1) is 6.10 Å². The molecule has 30 heavy (non-hydrogen) atoms. The van der Waals surface area contributed by atoms with E-state index in [2.05, 4.69) is 27.3 Å². The highest BCUT2D eigenvalue weighted by molar-refractivity contribution is 14.1. The standard InChI is InChI=1S/C20H22F2IN3O4/c21-14-4-13(5-15(22)8-14)7-17(24)18(27)10-26(19(28)11-30-20(25)29)9-12-2-1-3-16(23)6-12/h1-6,8,17-18,27H,7,9-11,24H2,(H2,25,29)/t17-,18+/m0/s1. The van der Waals surface area contributed by atoms with Crippen molar-refractivity contribution < 1.29 is 28.2 Å². The molecule has 0 aliphatic carbocycles. The van der Waals surface area contributed by atoms with Gasteiger partial charge in [0.2, 0.25) is 0 Å². The van der Waals surface area contributed by atoms with Crippen molar-refractivity contribution in [3.05, 3.63) is 68.8 Å². The fraction of sp³-hybridized carbons (Fsp3) is 0.300. The van der Waals surface area contributed by atoms with Gasteiger partial charge in [0.1, 0.15) is 11.6 Å². The van der Waals surface area contributed by atoms with Crippen LogP contribution in [0.1, 0.15) is 11.1 Å². The average molecular weight is 533 g/mol. The summed E-state index contributed by atoms with van der Waals surface area (Å²) in [6.07, 6.45) is -2.29. The molecule has 0 saturated carbocycles. The van der Waals surface area contributed by atoms with E-state index in [0.29, 0.717) is 0 Å². The first-order valence-corrected chi connectivity index (χ1v) is 10.0. The van der Waals surface area contributed by atoms with E-state index in [1.165, 1.54) is 4.90 Å². The molecule has 0 fully saturated rings. The molecule has 2 amide bonds. The van der Waals surface area contributed by atoms with Crippen LogP contribution in [0.2, 0.25) is 0 Å². The minimum absolute atomic E-state index is 0.00109. The lowest BCUT2D eigenvalue weighted by molar-refractivity contribution is -0.136. The van der Waals surface area contributed by atoms with Crippen molar-refractivity contribution in [2.75, 3.05) is 13.2 Å². The second-order valence-electron chi connectivity index (χ2n) is 6.72. The molecule has 162 valence electrons. The van der Waals surface area contributed by atoms with Gasteiger partial charge in [0.15, 0.2) is 6.61 Å². The maximum atomic E-state index is 13.4. The van der Waals surface area contributed by atoms with Crippen LogP contribution in [-0.4, -0.2) is 47.3 Å². The Balaban J connectivity index is 2.09. The second kappa shape index (κ2) is 11.2. The Morgan fingerprint density at radius 1 is 1.13 bits per heavy atom. The molecule has 0 bridgehead atoms. The third kappa shape index (κ3) is 7.84. The number of benzene rings is 2. The number of nitrogens with zero attached hydrogens (tertiary/aromatic N) is 1. The molecule has 2 atom stereocenters. The number of nitrogens with two attached hydrogens (primary N) is 2. The fourth-order valence-electron chi connectivity index (χ4n) is 2.83. The van der Waals surface area contributed by atoms with E-state index in [0.717, 1.165) is 27.3 Å². The van der Waals surface area contributed by atoms with Crippen molar-refractivity contribution in [3.63, 3.8) is 0 Å². The predicted octanol–water partition coefficient (Wildman–Crippen LogP) is 1.92. The van der Waals surface area contributed by atoms with E-state index in [4.69, 9.17) is 11.5 Å². The Hall–Kier alpha value is -2.31. The molecule has 0 aliphatic heterocycles. The smallest absolute Gasteiger partial charge is 0.405 e. The third-order valence-electron chi connectivity index (χ3n) is 4.25. The Labute approximate surface area is 186 Å². The number of carbonyl (C=O) groups is 2.